The van der Waals surface area contributed by atoms with Gasteiger partial charge in [-0.1, -0.05) is 30.3 Å². The first-order chi connectivity index (χ1) is 8.70. The zero-order valence-electron chi connectivity index (χ0n) is 9.74. The van der Waals surface area contributed by atoms with Crippen LogP contribution in [0.1, 0.15) is 17.2 Å². The highest BCUT2D eigenvalue weighted by Gasteiger charge is 2.12. The Morgan fingerprint density at radius 2 is 1.78 bits per heavy atom. The molecule has 0 aliphatic heterocycles. The highest BCUT2D eigenvalue weighted by molar-refractivity contribution is 14.1. The van der Waals surface area contributed by atoms with Crippen LogP contribution >= 0.6 is 22.6 Å². The van der Waals surface area contributed by atoms with Crippen LogP contribution < -0.4 is 11.3 Å². The van der Waals surface area contributed by atoms with Crippen molar-refractivity contribution < 1.29 is 4.39 Å². The third kappa shape index (κ3) is 3.28. The lowest BCUT2D eigenvalue weighted by molar-refractivity contribution is 0.529. The van der Waals surface area contributed by atoms with Crippen molar-refractivity contribution in [3.05, 3.63) is 69.0 Å². The Hall–Kier alpha value is -0.980. The number of hydrogen-bond donors (Lipinski definition) is 2. The zero-order valence-corrected chi connectivity index (χ0v) is 11.9. The molecular weight excluding hydrogens is 342 g/mol. The number of halogens is 2. The van der Waals surface area contributed by atoms with Gasteiger partial charge in [-0.15, -0.1) is 0 Å². The molecule has 0 spiro atoms. The molecule has 0 amide bonds. The molecule has 0 bridgehead atoms. The summed E-state index contributed by atoms with van der Waals surface area (Å²) < 4.78 is 14.8. The summed E-state index contributed by atoms with van der Waals surface area (Å²) in [5.41, 5.74) is 4.47. The van der Waals surface area contributed by atoms with E-state index in [1.54, 1.807) is 12.1 Å². The van der Waals surface area contributed by atoms with Crippen molar-refractivity contribution in [1.29, 1.82) is 0 Å². The van der Waals surface area contributed by atoms with Gasteiger partial charge in [0, 0.05) is 3.57 Å². The van der Waals surface area contributed by atoms with Crippen molar-refractivity contribution in [3.63, 3.8) is 0 Å². The highest BCUT2D eigenvalue weighted by atomic mass is 127. The smallest absolute Gasteiger partial charge is 0.126 e. The molecule has 0 saturated heterocycles. The second-order valence-corrected chi connectivity index (χ2v) is 5.31. The maximum Gasteiger partial charge on any atom is 0.126 e. The lowest BCUT2D eigenvalue weighted by Gasteiger charge is -2.17. The largest absolute Gasteiger partial charge is 0.271 e. The fourth-order valence-electron chi connectivity index (χ4n) is 1.85. The van der Waals surface area contributed by atoms with Gasteiger partial charge in [0.15, 0.2) is 0 Å². The van der Waals surface area contributed by atoms with Crippen LogP contribution in [0.4, 0.5) is 4.39 Å². The second-order valence-electron chi connectivity index (χ2n) is 4.07. The molecule has 2 aromatic carbocycles. The topological polar surface area (TPSA) is 38.0 Å². The highest BCUT2D eigenvalue weighted by Crippen LogP contribution is 2.20. The summed E-state index contributed by atoms with van der Waals surface area (Å²) in [5.74, 6) is 5.38. The van der Waals surface area contributed by atoms with Crippen LogP contribution in [0.3, 0.4) is 0 Å². The Kier molecular flexibility index (Phi) is 4.68. The van der Waals surface area contributed by atoms with Crippen LogP contribution in [0.15, 0.2) is 48.5 Å². The van der Waals surface area contributed by atoms with E-state index >= 15 is 0 Å². The van der Waals surface area contributed by atoms with Crippen LogP contribution in [0.2, 0.25) is 0 Å². The maximum atomic E-state index is 13.6. The molecule has 3 N–H and O–H groups in total. The van der Waals surface area contributed by atoms with Gasteiger partial charge in [-0.2, -0.15) is 0 Å². The van der Waals surface area contributed by atoms with Crippen molar-refractivity contribution in [2.75, 3.05) is 0 Å². The fraction of sp³-hybridized carbons (Fsp3) is 0.143. The molecular formula is C14H14FIN2. The Labute approximate surface area is 120 Å². The zero-order chi connectivity index (χ0) is 13.0. The maximum absolute atomic E-state index is 13.6. The van der Waals surface area contributed by atoms with Crippen molar-refractivity contribution in [2.45, 2.75) is 12.5 Å². The van der Waals surface area contributed by atoms with E-state index in [2.05, 4.69) is 28.0 Å². The van der Waals surface area contributed by atoms with Gasteiger partial charge in [-0.3, -0.25) is 11.3 Å². The summed E-state index contributed by atoms with van der Waals surface area (Å²) in [6.45, 7) is 0. The molecule has 1 unspecified atom stereocenters. The fourth-order valence-corrected chi connectivity index (χ4v) is 2.21. The first-order valence-electron chi connectivity index (χ1n) is 5.65. The van der Waals surface area contributed by atoms with E-state index in [4.69, 9.17) is 5.84 Å². The second kappa shape index (κ2) is 6.26. The van der Waals surface area contributed by atoms with Crippen LogP contribution in [0.25, 0.3) is 0 Å². The Bertz CT molecular complexity index is 513. The molecule has 1 atom stereocenters. The molecule has 0 aliphatic rings. The average Bonchev–Trinajstić information content (AvgIpc) is 2.39. The van der Waals surface area contributed by atoms with Gasteiger partial charge >= 0.3 is 0 Å². The van der Waals surface area contributed by atoms with Gasteiger partial charge in [0.2, 0.25) is 0 Å². The molecule has 0 aliphatic carbocycles. The molecule has 2 rings (SSSR count). The minimum absolute atomic E-state index is 0.0844. The lowest BCUT2D eigenvalue weighted by Crippen LogP contribution is -2.29. The summed E-state index contributed by atoms with van der Waals surface area (Å²) in [7, 11) is 0. The monoisotopic (exact) mass is 356 g/mol. The van der Waals surface area contributed by atoms with E-state index in [0.717, 1.165) is 9.13 Å². The third-order valence-electron chi connectivity index (χ3n) is 2.86. The van der Waals surface area contributed by atoms with Crippen molar-refractivity contribution >= 4 is 22.6 Å². The molecule has 0 radical (unpaired) electrons. The molecule has 18 heavy (non-hydrogen) atoms. The van der Waals surface area contributed by atoms with Gasteiger partial charge in [0.1, 0.15) is 5.82 Å². The first kappa shape index (κ1) is 13.5. The summed E-state index contributed by atoms with van der Waals surface area (Å²) >= 11 is 2.25. The molecule has 2 aromatic rings. The van der Waals surface area contributed by atoms with Crippen molar-refractivity contribution in [3.8, 4) is 0 Å². The summed E-state index contributed by atoms with van der Waals surface area (Å²) in [5, 5.41) is 0. The van der Waals surface area contributed by atoms with Crippen LogP contribution in [0, 0.1) is 9.39 Å². The minimum atomic E-state index is -0.191. The summed E-state index contributed by atoms with van der Waals surface area (Å²) in [4.78, 5) is 0. The number of nitrogens with one attached hydrogen (secondary N) is 1. The van der Waals surface area contributed by atoms with Gasteiger partial charge in [0.25, 0.3) is 0 Å². The van der Waals surface area contributed by atoms with E-state index in [1.165, 1.54) is 6.07 Å². The molecule has 0 heterocycles. The van der Waals surface area contributed by atoms with Crippen molar-refractivity contribution in [1.82, 2.24) is 5.43 Å². The van der Waals surface area contributed by atoms with Gasteiger partial charge in [-0.05, 0) is 58.3 Å². The molecule has 4 heteroatoms. The predicted molar refractivity (Wildman–Crippen MR) is 79.3 cm³/mol. The van der Waals surface area contributed by atoms with Gasteiger partial charge in [-0.25, -0.2) is 4.39 Å². The van der Waals surface area contributed by atoms with E-state index in [-0.39, 0.29) is 11.9 Å². The number of hydrogen-bond acceptors (Lipinski definition) is 2. The van der Waals surface area contributed by atoms with Crippen molar-refractivity contribution in [2.24, 2.45) is 5.84 Å². The number of rotatable bonds is 4. The third-order valence-corrected chi connectivity index (χ3v) is 3.57. The quantitative estimate of drug-likeness (QED) is 0.502. The Balaban J connectivity index is 2.20. The lowest BCUT2D eigenvalue weighted by atomic mass is 9.99. The average molecular weight is 356 g/mol. The summed E-state index contributed by atoms with van der Waals surface area (Å²) in [6.07, 6.45) is 0.532. The normalized spacial score (nSPS) is 12.4. The van der Waals surface area contributed by atoms with E-state index in [0.29, 0.717) is 12.0 Å². The SMILES string of the molecule is NNC(Cc1ccccc1F)c1ccc(I)cc1. The van der Waals surface area contributed by atoms with Crippen LogP contribution in [-0.4, -0.2) is 0 Å². The Morgan fingerprint density at radius 3 is 2.39 bits per heavy atom. The van der Waals surface area contributed by atoms with E-state index < -0.39 is 0 Å². The molecule has 0 aromatic heterocycles. The molecule has 0 saturated carbocycles. The summed E-state index contributed by atoms with van der Waals surface area (Å²) in [6, 6.07) is 14.7. The van der Waals surface area contributed by atoms with E-state index in [1.807, 2.05) is 30.3 Å². The standard InChI is InChI=1S/C14H14FIN2/c15-13-4-2-1-3-11(13)9-14(18-17)10-5-7-12(16)8-6-10/h1-8,14,18H,9,17H2. The molecule has 2 nitrogen and oxygen atoms in total. The predicted octanol–water partition coefficient (Wildman–Crippen LogP) is 3.18. The van der Waals surface area contributed by atoms with E-state index in [9.17, 15) is 4.39 Å². The van der Waals surface area contributed by atoms with Gasteiger partial charge < -0.3 is 0 Å². The number of nitrogens with two attached hydrogens (primary N) is 1. The first-order valence-corrected chi connectivity index (χ1v) is 6.73. The van der Waals surface area contributed by atoms with Crippen LogP contribution in [0.5, 0.6) is 0 Å². The Morgan fingerprint density at radius 1 is 1.11 bits per heavy atom. The molecule has 0 fully saturated rings. The molecule has 94 valence electrons. The minimum Gasteiger partial charge on any atom is -0.271 e. The van der Waals surface area contributed by atoms with Gasteiger partial charge in [0.05, 0.1) is 6.04 Å². The van der Waals surface area contributed by atoms with Crippen LogP contribution in [-0.2, 0) is 6.42 Å². The number of benzene rings is 2. The number of hydrazine groups is 1.